The van der Waals surface area contributed by atoms with Gasteiger partial charge in [-0.2, -0.15) is 0 Å². The standard InChI is InChI=1S/C13H15N3O/c17-9-10-6-7-16-12(8-10)14-15-13(16)11-4-2-1-3-5-11/h6-9,11H,1-5H2. The van der Waals surface area contributed by atoms with Crippen molar-refractivity contribution in [2.45, 2.75) is 38.0 Å². The zero-order chi connectivity index (χ0) is 11.7. The van der Waals surface area contributed by atoms with Crippen LogP contribution in [-0.2, 0) is 0 Å². The largest absolute Gasteiger partial charge is 0.298 e. The van der Waals surface area contributed by atoms with Gasteiger partial charge in [0, 0.05) is 17.7 Å². The van der Waals surface area contributed by atoms with E-state index in [0.29, 0.717) is 11.5 Å². The highest BCUT2D eigenvalue weighted by Crippen LogP contribution is 2.31. The van der Waals surface area contributed by atoms with Crippen molar-refractivity contribution in [1.82, 2.24) is 14.6 Å². The zero-order valence-electron chi connectivity index (χ0n) is 9.67. The maximum absolute atomic E-state index is 10.7. The summed E-state index contributed by atoms with van der Waals surface area (Å²) < 4.78 is 2.02. The van der Waals surface area contributed by atoms with Gasteiger partial charge in [0.2, 0.25) is 0 Å². The SMILES string of the molecule is O=Cc1ccn2c(C3CCCCC3)nnc2c1. The van der Waals surface area contributed by atoms with Gasteiger partial charge >= 0.3 is 0 Å². The summed E-state index contributed by atoms with van der Waals surface area (Å²) in [4.78, 5) is 10.7. The third-order valence-electron chi connectivity index (χ3n) is 3.57. The molecule has 0 unspecified atom stereocenters. The van der Waals surface area contributed by atoms with E-state index in [-0.39, 0.29) is 0 Å². The number of aromatic nitrogens is 3. The normalized spacial score (nSPS) is 17.4. The van der Waals surface area contributed by atoms with E-state index in [4.69, 9.17) is 0 Å². The van der Waals surface area contributed by atoms with Crippen LogP contribution in [0.1, 0.15) is 54.2 Å². The highest BCUT2D eigenvalue weighted by Gasteiger charge is 2.20. The summed E-state index contributed by atoms with van der Waals surface area (Å²) in [6, 6.07) is 3.60. The molecule has 0 aromatic carbocycles. The number of rotatable bonds is 2. The number of nitrogens with zero attached hydrogens (tertiary/aromatic N) is 3. The van der Waals surface area contributed by atoms with Crippen LogP contribution in [0.15, 0.2) is 18.3 Å². The Morgan fingerprint density at radius 2 is 2.06 bits per heavy atom. The molecule has 1 aliphatic rings. The summed E-state index contributed by atoms with van der Waals surface area (Å²) in [5.74, 6) is 1.58. The fraction of sp³-hybridized carbons (Fsp3) is 0.462. The summed E-state index contributed by atoms with van der Waals surface area (Å²) in [7, 11) is 0. The molecular formula is C13H15N3O. The van der Waals surface area contributed by atoms with E-state index in [1.54, 1.807) is 6.07 Å². The van der Waals surface area contributed by atoms with Crippen molar-refractivity contribution in [3.05, 3.63) is 29.7 Å². The minimum absolute atomic E-state index is 0.529. The van der Waals surface area contributed by atoms with Crippen LogP contribution in [0.2, 0.25) is 0 Å². The smallest absolute Gasteiger partial charge is 0.161 e. The average Bonchev–Trinajstić information content (AvgIpc) is 2.82. The van der Waals surface area contributed by atoms with Crippen molar-refractivity contribution in [3.63, 3.8) is 0 Å². The Kier molecular flexibility index (Phi) is 2.63. The summed E-state index contributed by atoms with van der Waals surface area (Å²) in [6.45, 7) is 0. The molecular weight excluding hydrogens is 214 g/mol. The van der Waals surface area contributed by atoms with Gasteiger partial charge in [-0.15, -0.1) is 10.2 Å². The second-order valence-corrected chi connectivity index (χ2v) is 4.70. The molecule has 88 valence electrons. The molecule has 1 fully saturated rings. The van der Waals surface area contributed by atoms with E-state index < -0.39 is 0 Å². The second-order valence-electron chi connectivity index (χ2n) is 4.70. The monoisotopic (exact) mass is 229 g/mol. The molecule has 17 heavy (non-hydrogen) atoms. The van der Waals surface area contributed by atoms with Crippen molar-refractivity contribution >= 4 is 11.9 Å². The fourth-order valence-electron chi connectivity index (χ4n) is 2.64. The van der Waals surface area contributed by atoms with Crippen LogP contribution in [0, 0.1) is 0 Å². The number of carbonyl (C=O) groups is 1. The molecule has 0 radical (unpaired) electrons. The summed E-state index contributed by atoms with van der Waals surface area (Å²) in [5.41, 5.74) is 1.43. The van der Waals surface area contributed by atoms with Gasteiger partial charge in [0.25, 0.3) is 0 Å². The first-order chi connectivity index (χ1) is 8.38. The molecule has 0 bridgehead atoms. The van der Waals surface area contributed by atoms with Gasteiger partial charge in [-0.05, 0) is 25.0 Å². The minimum atomic E-state index is 0.529. The number of hydrogen-bond donors (Lipinski definition) is 0. The molecule has 1 saturated carbocycles. The first kappa shape index (κ1) is 10.4. The number of fused-ring (bicyclic) bond motifs is 1. The first-order valence-corrected chi connectivity index (χ1v) is 6.18. The van der Waals surface area contributed by atoms with Gasteiger partial charge < -0.3 is 0 Å². The van der Waals surface area contributed by atoms with E-state index in [1.807, 2.05) is 16.7 Å². The Bertz CT molecular complexity index is 541. The van der Waals surface area contributed by atoms with Crippen LogP contribution >= 0.6 is 0 Å². The van der Waals surface area contributed by atoms with Gasteiger partial charge in [-0.3, -0.25) is 9.20 Å². The van der Waals surface area contributed by atoms with Gasteiger partial charge in [0.15, 0.2) is 5.65 Å². The average molecular weight is 229 g/mol. The van der Waals surface area contributed by atoms with Crippen LogP contribution < -0.4 is 0 Å². The highest BCUT2D eigenvalue weighted by atomic mass is 16.1. The quantitative estimate of drug-likeness (QED) is 0.743. The van der Waals surface area contributed by atoms with Gasteiger partial charge in [0.1, 0.15) is 12.1 Å². The lowest BCUT2D eigenvalue weighted by Crippen LogP contribution is -2.08. The summed E-state index contributed by atoms with van der Waals surface area (Å²) in [6.07, 6.45) is 9.06. The predicted octanol–water partition coefficient (Wildman–Crippen LogP) is 2.59. The molecule has 2 aromatic rings. The Labute approximate surface area is 99.7 Å². The lowest BCUT2D eigenvalue weighted by Gasteiger charge is -2.19. The Balaban J connectivity index is 2.02. The Hall–Kier alpha value is -1.71. The molecule has 0 amide bonds. The van der Waals surface area contributed by atoms with Crippen LogP contribution in [0.5, 0.6) is 0 Å². The van der Waals surface area contributed by atoms with Crippen molar-refractivity contribution in [1.29, 1.82) is 0 Å². The lowest BCUT2D eigenvalue weighted by atomic mass is 9.89. The lowest BCUT2D eigenvalue weighted by molar-refractivity contribution is 0.112. The van der Waals surface area contributed by atoms with E-state index in [2.05, 4.69) is 10.2 Å². The summed E-state index contributed by atoms with van der Waals surface area (Å²) in [5, 5.41) is 8.45. The van der Waals surface area contributed by atoms with Gasteiger partial charge in [0.05, 0.1) is 0 Å². The van der Waals surface area contributed by atoms with Crippen LogP contribution in [0.4, 0.5) is 0 Å². The molecule has 1 aliphatic carbocycles. The molecule has 0 aliphatic heterocycles. The van der Waals surface area contributed by atoms with Crippen molar-refractivity contribution in [2.75, 3.05) is 0 Å². The number of pyridine rings is 1. The topological polar surface area (TPSA) is 47.3 Å². The Morgan fingerprint density at radius 3 is 2.82 bits per heavy atom. The summed E-state index contributed by atoms with van der Waals surface area (Å²) >= 11 is 0. The molecule has 0 saturated heterocycles. The third-order valence-corrected chi connectivity index (χ3v) is 3.57. The van der Waals surface area contributed by atoms with Gasteiger partial charge in [-0.25, -0.2) is 0 Å². The van der Waals surface area contributed by atoms with E-state index in [1.165, 1.54) is 32.1 Å². The first-order valence-electron chi connectivity index (χ1n) is 6.18. The molecule has 0 spiro atoms. The Morgan fingerprint density at radius 1 is 1.24 bits per heavy atom. The molecule has 4 nitrogen and oxygen atoms in total. The maximum atomic E-state index is 10.7. The third kappa shape index (κ3) is 1.84. The van der Waals surface area contributed by atoms with E-state index >= 15 is 0 Å². The second kappa shape index (κ2) is 4.28. The van der Waals surface area contributed by atoms with Crippen LogP contribution in [0.3, 0.4) is 0 Å². The predicted molar refractivity (Wildman–Crippen MR) is 64.2 cm³/mol. The van der Waals surface area contributed by atoms with Crippen LogP contribution in [0.25, 0.3) is 5.65 Å². The van der Waals surface area contributed by atoms with Gasteiger partial charge in [-0.1, -0.05) is 19.3 Å². The van der Waals surface area contributed by atoms with Crippen molar-refractivity contribution < 1.29 is 4.79 Å². The molecule has 0 N–H and O–H groups in total. The van der Waals surface area contributed by atoms with E-state index in [0.717, 1.165) is 17.8 Å². The highest BCUT2D eigenvalue weighted by molar-refractivity contribution is 5.76. The van der Waals surface area contributed by atoms with E-state index in [9.17, 15) is 4.79 Å². The van der Waals surface area contributed by atoms with Crippen molar-refractivity contribution in [3.8, 4) is 0 Å². The molecule has 3 rings (SSSR count). The number of carbonyl (C=O) groups excluding carboxylic acids is 1. The number of aldehydes is 1. The molecule has 4 heteroatoms. The number of hydrogen-bond acceptors (Lipinski definition) is 3. The fourth-order valence-corrected chi connectivity index (χ4v) is 2.64. The van der Waals surface area contributed by atoms with Crippen LogP contribution in [-0.4, -0.2) is 20.9 Å². The molecule has 2 aromatic heterocycles. The maximum Gasteiger partial charge on any atom is 0.161 e. The molecule has 2 heterocycles. The zero-order valence-corrected chi connectivity index (χ0v) is 9.67. The van der Waals surface area contributed by atoms with Crippen molar-refractivity contribution in [2.24, 2.45) is 0 Å². The minimum Gasteiger partial charge on any atom is -0.298 e. The molecule has 0 atom stereocenters.